The lowest BCUT2D eigenvalue weighted by Gasteiger charge is -2.17. The molecule has 7 nitrogen and oxygen atoms in total. The van der Waals surface area contributed by atoms with Gasteiger partial charge in [-0.1, -0.05) is 60.7 Å². The fraction of sp³-hybridized carbons (Fsp3) is 0.154. The van der Waals surface area contributed by atoms with Crippen molar-refractivity contribution in [1.82, 2.24) is 4.90 Å². The molecule has 1 heterocycles. The van der Waals surface area contributed by atoms with Crippen LogP contribution in [-0.4, -0.2) is 53.8 Å². The molecular weight excluding hydrogens is 420 g/mol. The van der Waals surface area contributed by atoms with E-state index in [1.807, 2.05) is 60.7 Å². The SMILES string of the molecule is COC(=O)C1=C(Nc2cc(-c3ccccc3)c(O)c(-c3ccccc3)c2)C(=O)N(CCO)C1. The summed E-state index contributed by atoms with van der Waals surface area (Å²) in [6.07, 6.45) is 0. The number of anilines is 1. The molecule has 1 aliphatic heterocycles. The predicted octanol–water partition coefficient (Wildman–Crippen LogP) is 3.40. The van der Waals surface area contributed by atoms with Gasteiger partial charge in [-0.3, -0.25) is 4.79 Å². The van der Waals surface area contributed by atoms with E-state index in [4.69, 9.17) is 4.74 Å². The van der Waals surface area contributed by atoms with Gasteiger partial charge in [-0.05, 0) is 23.3 Å². The molecule has 0 fully saturated rings. The van der Waals surface area contributed by atoms with Crippen molar-refractivity contribution in [2.45, 2.75) is 0 Å². The maximum atomic E-state index is 12.9. The average molecular weight is 444 g/mol. The maximum Gasteiger partial charge on any atom is 0.337 e. The fourth-order valence-corrected chi connectivity index (χ4v) is 3.88. The molecule has 3 aromatic carbocycles. The number of carbonyl (C=O) groups is 2. The molecular formula is C26H24N2O5. The highest BCUT2D eigenvalue weighted by atomic mass is 16.5. The summed E-state index contributed by atoms with van der Waals surface area (Å²) in [6, 6.07) is 22.3. The minimum Gasteiger partial charge on any atom is -0.507 e. The lowest BCUT2D eigenvalue weighted by molar-refractivity contribution is -0.136. The van der Waals surface area contributed by atoms with Crippen molar-refractivity contribution in [3.63, 3.8) is 0 Å². The van der Waals surface area contributed by atoms with Crippen LogP contribution in [0.4, 0.5) is 5.69 Å². The molecule has 0 spiro atoms. The van der Waals surface area contributed by atoms with E-state index in [0.29, 0.717) is 16.8 Å². The van der Waals surface area contributed by atoms with Gasteiger partial charge in [0.05, 0.1) is 25.8 Å². The highest BCUT2D eigenvalue weighted by Gasteiger charge is 2.34. The van der Waals surface area contributed by atoms with Crippen molar-refractivity contribution in [3.05, 3.63) is 84.1 Å². The van der Waals surface area contributed by atoms with Crippen LogP contribution in [0.3, 0.4) is 0 Å². The van der Waals surface area contributed by atoms with Gasteiger partial charge >= 0.3 is 5.97 Å². The fourth-order valence-electron chi connectivity index (χ4n) is 3.88. The van der Waals surface area contributed by atoms with Gasteiger partial charge < -0.3 is 25.2 Å². The van der Waals surface area contributed by atoms with Crippen LogP contribution in [-0.2, 0) is 14.3 Å². The van der Waals surface area contributed by atoms with Crippen molar-refractivity contribution in [2.75, 3.05) is 32.1 Å². The van der Waals surface area contributed by atoms with Gasteiger partial charge in [-0.15, -0.1) is 0 Å². The molecule has 0 radical (unpaired) electrons. The van der Waals surface area contributed by atoms with Gasteiger partial charge in [0.1, 0.15) is 11.4 Å². The van der Waals surface area contributed by atoms with E-state index in [1.54, 1.807) is 12.1 Å². The van der Waals surface area contributed by atoms with Gasteiger partial charge in [0.2, 0.25) is 0 Å². The molecule has 0 atom stereocenters. The van der Waals surface area contributed by atoms with E-state index in [-0.39, 0.29) is 36.7 Å². The molecule has 0 saturated heterocycles. The highest BCUT2D eigenvalue weighted by molar-refractivity contribution is 6.08. The first-order valence-electron chi connectivity index (χ1n) is 10.5. The van der Waals surface area contributed by atoms with Crippen LogP contribution in [0.25, 0.3) is 22.3 Å². The monoisotopic (exact) mass is 444 g/mol. The number of ether oxygens (including phenoxy) is 1. The first-order chi connectivity index (χ1) is 16.0. The van der Waals surface area contributed by atoms with E-state index in [0.717, 1.165) is 11.1 Å². The van der Waals surface area contributed by atoms with Gasteiger partial charge in [0, 0.05) is 23.4 Å². The standard InChI is InChI=1S/C26H24N2O5/c1-33-26(32)22-16-28(12-13-29)25(31)23(22)27-19-14-20(17-8-4-2-5-9-17)24(30)21(15-19)18-10-6-3-7-11-18/h2-11,14-15,27,29-30H,12-13,16H2,1H3. The molecule has 33 heavy (non-hydrogen) atoms. The van der Waals surface area contributed by atoms with Crippen LogP contribution in [0.2, 0.25) is 0 Å². The smallest absolute Gasteiger partial charge is 0.337 e. The Balaban J connectivity index is 1.83. The minimum atomic E-state index is -0.614. The van der Waals surface area contributed by atoms with Crippen molar-refractivity contribution in [3.8, 4) is 28.0 Å². The van der Waals surface area contributed by atoms with Crippen molar-refractivity contribution >= 4 is 17.6 Å². The summed E-state index contributed by atoms with van der Waals surface area (Å²) in [4.78, 5) is 26.7. The molecule has 7 heteroatoms. The number of β-amino-alcohol motifs (C(OH)–C–C–N with tert-alkyl or cyclic N) is 1. The number of nitrogens with zero attached hydrogens (tertiary/aromatic N) is 1. The van der Waals surface area contributed by atoms with Crippen LogP contribution >= 0.6 is 0 Å². The Kier molecular flexibility index (Phi) is 6.42. The summed E-state index contributed by atoms with van der Waals surface area (Å²) < 4.78 is 4.86. The zero-order chi connectivity index (χ0) is 23.4. The number of methoxy groups -OCH3 is 1. The second-order valence-corrected chi connectivity index (χ2v) is 7.57. The third-order valence-corrected chi connectivity index (χ3v) is 5.50. The summed E-state index contributed by atoms with van der Waals surface area (Å²) in [7, 11) is 1.26. The van der Waals surface area contributed by atoms with Gasteiger partial charge in [-0.25, -0.2) is 4.79 Å². The topological polar surface area (TPSA) is 99.1 Å². The van der Waals surface area contributed by atoms with Crippen LogP contribution < -0.4 is 5.32 Å². The molecule has 0 aliphatic carbocycles. The van der Waals surface area contributed by atoms with Gasteiger partial charge in [-0.2, -0.15) is 0 Å². The largest absolute Gasteiger partial charge is 0.507 e. The Hall–Kier alpha value is -4.10. The Labute approximate surface area is 191 Å². The lowest BCUT2D eigenvalue weighted by Crippen LogP contribution is -2.31. The second kappa shape index (κ2) is 9.58. The van der Waals surface area contributed by atoms with Crippen LogP contribution in [0.15, 0.2) is 84.1 Å². The van der Waals surface area contributed by atoms with Crippen LogP contribution in [0.1, 0.15) is 0 Å². The number of nitrogens with one attached hydrogen (secondary N) is 1. The Bertz CT molecular complexity index is 1150. The number of hydrogen-bond acceptors (Lipinski definition) is 6. The van der Waals surface area contributed by atoms with Gasteiger partial charge in [0.25, 0.3) is 5.91 Å². The van der Waals surface area contributed by atoms with E-state index in [1.165, 1.54) is 12.0 Å². The summed E-state index contributed by atoms with van der Waals surface area (Å²) in [5.74, 6) is -0.906. The number of carbonyl (C=O) groups excluding carboxylic acids is 2. The number of aromatic hydroxyl groups is 1. The summed E-state index contributed by atoms with van der Waals surface area (Å²) in [6.45, 7) is -0.0722. The van der Waals surface area contributed by atoms with Crippen LogP contribution in [0.5, 0.6) is 5.75 Å². The maximum absolute atomic E-state index is 12.9. The molecule has 3 N–H and O–H groups in total. The van der Waals surface area contributed by atoms with Gasteiger partial charge in [0.15, 0.2) is 0 Å². The number of esters is 1. The molecule has 0 aromatic heterocycles. The number of phenolic OH excluding ortho intramolecular Hbond substituents is 1. The zero-order valence-corrected chi connectivity index (χ0v) is 18.1. The van der Waals surface area contributed by atoms with Crippen molar-refractivity contribution in [2.24, 2.45) is 0 Å². The number of aliphatic hydroxyl groups excluding tert-OH is 1. The van der Waals surface area contributed by atoms with Crippen molar-refractivity contribution in [1.29, 1.82) is 0 Å². The number of rotatable bonds is 7. The molecule has 0 unspecified atom stereocenters. The number of amides is 1. The normalized spacial score (nSPS) is 13.4. The number of aliphatic hydroxyl groups is 1. The molecule has 3 aromatic rings. The summed E-state index contributed by atoms with van der Waals surface area (Å²) in [5, 5.41) is 23.5. The molecule has 0 bridgehead atoms. The molecule has 1 aliphatic rings. The Morgan fingerprint density at radius 2 is 1.55 bits per heavy atom. The van der Waals surface area contributed by atoms with Crippen LogP contribution in [0, 0.1) is 0 Å². The third-order valence-electron chi connectivity index (χ3n) is 5.50. The average Bonchev–Trinajstić information content (AvgIpc) is 3.16. The third kappa shape index (κ3) is 4.44. The predicted molar refractivity (Wildman–Crippen MR) is 125 cm³/mol. The number of benzene rings is 3. The zero-order valence-electron chi connectivity index (χ0n) is 18.1. The number of phenols is 1. The summed E-state index contributed by atoms with van der Waals surface area (Å²) >= 11 is 0. The highest BCUT2D eigenvalue weighted by Crippen LogP contribution is 2.41. The van der Waals surface area contributed by atoms with E-state index >= 15 is 0 Å². The second-order valence-electron chi connectivity index (χ2n) is 7.57. The minimum absolute atomic E-state index is 0.0452. The quantitative estimate of drug-likeness (QED) is 0.382. The first-order valence-corrected chi connectivity index (χ1v) is 10.5. The number of hydrogen-bond donors (Lipinski definition) is 3. The summed E-state index contributed by atoms with van der Waals surface area (Å²) in [5.41, 5.74) is 3.58. The van der Waals surface area contributed by atoms with E-state index in [2.05, 4.69) is 5.32 Å². The van der Waals surface area contributed by atoms with E-state index in [9.17, 15) is 19.8 Å². The molecule has 0 saturated carbocycles. The Morgan fingerprint density at radius 3 is 2.03 bits per heavy atom. The van der Waals surface area contributed by atoms with E-state index < -0.39 is 11.9 Å². The lowest BCUT2D eigenvalue weighted by atomic mass is 9.96. The Morgan fingerprint density at radius 1 is 1.00 bits per heavy atom. The molecule has 1 amide bonds. The molecule has 4 rings (SSSR count). The molecule has 168 valence electrons. The first kappa shape index (κ1) is 22.1. The van der Waals surface area contributed by atoms with Crippen molar-refractivity contribution < 1.29 is 24.5 Å².